The van der Waals surface area contributed by atoms with E-state index < -0.39 is 0 Å². The van der Waals surface area contributed by atoms with Gasteiger partial charge in [0.15, 0.2) is 6.19 Å². The largest absolute Gasteiger partial charge is 0.200 e. The molecule has 1 rings (SSSR count). The Balaban J connectivity index is 2.66. The van der Waals surface area contributed by atoms with Gasteiger partial charge in [-0.3, -0.25) is 0 Å². The van der Waals surface area contributed by atoms with Gasteiger partial charge in [0.2, 0.25) is 0 Å². The molecule has 1 aromatic carbocycles. The normalized spacial score (nSPS) is 9.67. The average molecular weight is 160 g/mol. The molecule has 4 heteroatoms. The average Bonchev–Trinajstić information content (AvgIpc) is 2.09. The van der Waals surface area contributed by atoms with Crippen LogP contribution in [0.4, 0.5) is 5.69 Å². The predicted octanol–water partition coefficient (Wildman–Crippen LogP) is 2.06. The summed E-state index contributed by atoms with van der Waals surface area (Å²) in [4.78, 5) is 0. The summed E-state index contributed by atoms with van der Waals surface area (Å²) in [5.41, 5.74) is 3.97. The molecule has 0 fully saturated rings. The molecule has 60 valence electrons. The number of nitrogens with one attached hydrogen (secondary N) is 1. The van der Waals surface area contributed by atoms with E-state index in [0.717, 1.165) is 5.69 Å². The molecule has 0 bridgehead atoms. The van der Waals surface area contributed by atoms with Crippen molar-refractivity contribution in [3.63, 3.8) is 0 Å². The van der Waals surface area contributed by atoms with E-state index in [1.807, 2.05) is 31.2 Å². The van der Waals surface area contributed by atoms with Gasteiger partial charge in [0.1, 0.15) is 0 Å². The van der Waals surface area contributed by atoms with Crippen LogP contribution in [0.2, 0.25) is 0 Å². The third-order valence-electron chi connectivity index (χ3n) is 1.30. The molecule has 0 aromatic heterocycles. The lowest BCUT2D eigenvalue weighted by atomic mass is 10.2. The third kappa shape index (κ3) is 2.39. The van der Waals surface area contributed by atoms with Crippen LogP contribution >= 0.6 is 0 Å². The van der Waals surface area contributed by atoms with Gasteiger partial charge in [-0.2, -0.15) is 10.7 Å². The SMILES string of the molecule is Cc1ccc(N=NNC#N)cc1. The van der Waals surface area contributed by atoms with Gasteiger partial charge in [-0.25, -0.2) is 0 Å². The Morgan fingerprint density at radius 2 is 2.00 bits per heavy atom. The van der Waals surface area contributed by atoms with Gasteiger partial charge in [0.05, 0.1) is 5.69 Å². The molecule has 4 nitrogen and oxygen atoms in total. The molecule has 1 aromatic rings. The van der Waals surface area contributed by atoms with Gasteiger partial charge >= 0.3 is 0 Å². The van der Waals surface area contributed by atoms with Crippen LogP contribution in [-0.2, 0) is 0 Å². The standard InChI is InChI=1S/C8H8N4/c1-7-2-4-8(5-3-7)11-12-10-6-9/h2-5H,1H3,(H,10,11). The van der Waals surface area contributed by atoms with Gasteiger partial charge in [0.25, 0.3) is 0 Å². The molecule has 12 heavy (non-hydrogen) atoms. The number of nitriles is 1. The maximum atomic E-state index is 8.07. The number of aryl methyl sites for hydroxylation is 1. The van der Waals surface area contributed by atoms with Crippen molar-refractivity contribution in [2.24, 2.45) is 10.3 Å². The van der Waals surface area contributed by atoms with Crippen molar-refractivity contribution in [2.75, 3.05) is 0 Å². The van der Waals surface area contributed by atoms with E-state index in [0.29, 0.717) is 0 Å². The first-order chi connectivity index (χ1) is 5.83. The van der Waals surface area contributed by atoms with Crippen molar-refractivity contribution in [3.8, 4) is 6.19 Å². The van der Waals surface area contributed by atoms with Crippen molar-refractivity contribution in [3.05, 3.63) is 29.8 Å². The van der Waals surface area contributed by atoms with Crippen molar-refractivity contribution in [1.82, 2.24) is 5.43 Å². The molecule has 0 atom stereocenters. The van der Waals surface area contributed by atoms with Crippen molar-refractivity contribution in [2.45, 2.75) is 6.92 Å². The zero-order chi connectivity index (χ0) is 8.81. The molecule has 0 aliphatic rings. The van der Waals surface area contributed by atoms with Crippen LogP contribution in [0.15, 0.2) is 34.6 Å². The first kappa shape index (κ1) is 8.21. The fourth-order valence-corrected chi connectivity index (χ4v) is 0.717. The minimum Gasteiger partial charge on any atom is -0.194 e. The molecule has 0 amide bonds. The summed E-state index contributed by atoms with van der Waals surface area (Å²) in [6.45, 7) is 1.99. The second kappa shape index (κ2) is 4.09. The Kier molecular flexibility index (Phi) is 2.79. The second-order valence-electron chi connectivity index (χ2n) is 2.26. The predicted molar refractivity (Wildman–Crippen MR) is 44.4 cm³/mol. The zero-order valence-electron chi connectivity index (χ0n) is 6.65. The van der Waals surface area contributed by atoms with Crippen molar-refractivity contribution in [1.29, 1.82) is 5.26 Å². The highest BCUT2D eigenvalue weighted by Crippen LogP contribution is 2.11. The third-order valence-corrected chi connectivity index (χ3v) is 1.30. The van der Waals surface area contributed by atoms with Crippen LogP contribution in [0.25, 0.3) is 0 Å². The lowest BCUT2D eigenvalue weighted by molar-refractivity contribution is 0.887. The quantitative estimate of drug-likeness (QED) is 0.311. The maximum Gasteiger partial charge on any atom is 0.200 e. The van der Waals surface area contributed by atoms with E-state index >= 15 is 0 Å². The highest BCUT2D eigenvalue weighted by molar-refractivity contribution is 5.37. The Labute approximate surface area is 70.5 Å². The molecule has 0 saturated heterocycles. The Morgan fingerprint density at radius 1 is 1.33 bits per heavy atom. The molecule has 1 N–H and O–H groups in total. The molecule has 0 radical (unpaired) electrons. The summed E-state index contributed by atoms with van der Waals surface area (Å²) in [5, 5.41) is 15.2. The number of nitrogens with zero attached hydrogens (tertiary/aromatic N) is 3. The van der Waals surface area contributed by atoms with Crippen LogP contribution in [0.5, 0.6) is 0 Å². The first-order valence-corrected chi connectivity index (χ1v) is 3.44. The van der Waals surface area contributed by atoms with Crippen molar-refractivity contribution >= 4 is 5.69 Å². The van der Waals surface area contributed by atoms with E-state index in [-0.39, 0.29) is 0 Å². The monoisotopic (exact) mass is 160 g/mol. The summed E-state index contributed by atoms with van der Waals surface area (Å²) < 4.78 is 0. The van der Waals surface area contributed by atoms with Gasteiger partial charge in [-0.05, 0) is 19.1 Å². The van der Waals surface area contributed by atoms with Gasteiger partial charge in [-0.15, -0.1) is 5.11 Å². The van der Waals surface area contributed by atoms with Crippen LogP contribution in [0.3, 0.4) is 0 Å². The van der Waals surface area contributed by atoms with Crippen LogP contribution < -0.4 is 5.43 Å². The van der Waals surface area contributed by atoms with Crippen LogP contribution in [-0.4, -0.2) is 0 Å². The smallest absolute Gasteiger partial charge is 0.194 e. The lowest BCUT2D eigenvalue weighted by Gasteiger charge is -1.91. The number of hydrogen-bond acceptors (Lipinski definition) is 3. The highest BCUT2D eigenvalue weighted by atomic mass is 15.4. The van der Waals surface area contributed by atoms with Crippen LogP contribution in [0.1, 0.15) is 5.56 Å². The zero-order valence-corrected chi connectivity index (χ0v) is 6.65. The molecular weight excluding hydrogens is 152 g/mol. The maximum absolute atomic E-state index is 8.07. The minimum atomic E-state index is 0.725. The summed E-state index contributed by atoms with van der Waals surface area (Å²) in [6.07, 6.45) is 1.64. The highest BCUT2D eigenvalue weighted by Gasteiger charge is 1.86. The van der Waals surface area contributed by atoms with Gasteiger partial charge < -0.3 is 0 Å². The van der Waals surface area contributed by atoms with E-state index in [9.17, 15) is 0 Å². The summed E-state index contributed by atoms with van der Waals surface area (Å²) >= 11 is 0. The minimum absolute atomic E-state index is 0.725. The first-order valence-electron chi connectivity index (χ1n) is 3.44. The number of rotatable bonds is 2. The van der Waals surface area contributed by atoms with Gasteiger partial charge in [0, 0.05) is 0 Å². The van der Waals surface area contributed by atoms with E-state index in [1.165, 1.54) is 5.56 Å². The lowest BCUT2D eigenvalue weighted by Crippen LogP contribution is -1.88. The molecule has 0 aliphatic heterocycles. The molecule has 0 spiro atoms. The molecule has 0 saturated carbocycles. The topological polar surface area (TPSA) is 60.5 Å². The molecule has 0 heterocycles. The summed E-state index contributed by atoms with van der Waals surface area (Å²) in [6, 6.07) is 7.53. The Morgan fingerprint density at radius 3 is 2.58 bits per heavy atom. The Hall–Kier alpha value is -1.89. The summed E-state index contributed by atoms with van der Waals surface area (Å²) in [7, 11) is 0. The fraction of sp³-hybridized carbons (Fsp3) is 0.125. The molecular formula is C8H8N4. The summed E-state index contributed by atoms with van der Waals surface area (Å²) in [5.74, 6) is 0. The van der Waals surface area contributed by atoms with Gasteiger partial charge in [-0.1, -0.05) is 22.9 Å². The van der Waals surface area contributed by atoms with Crippen LogP contribution in [0, 0.1) is 18.4 Å². The van der Waals surface area contributed by atoms with Crippen molar-refractivity contribution < 1.29 is 0 Å². The van der Waals surface area contributed by atoms with E-state index in [2.05, 4.69) is 15.8 Å². The Bertz CT molecular complexity index is 307. The van der Waals surface area contributed by atoms with E-state index in [4.69, 9.17) is 5.26 Å². The number of hydrogen-bond donors (Lipinski definition) is 1. The number of benzene rings is 1. The fourth-order valence-electron chi connectivity index (χ4n) is 0.717. The molecule has 0 unspecified atom stereocenters. The molecule has 0 aliphatic carbocycles. The van der Waals surface area contributed by atoms with E-state index in [1.54, 1.807) is 6.19 Å². The second-order valence-corrected chi connectivity index (χ2v) is 2.26.